The molecular formula is C76H104F2N10O7Si2. The molecule has 0 spiro atoms. The first kappa shape index (κ1) is 70.1. The van der Waals surface area contributed by atoms with E-state index in [2.05, 4.69) is 127 Å². The molecule has 3 atom stereocenters. The van der Waals surface area contributed by atoms with Crippen LogP contribution < -0.4 is 25.1 Å². The SMILES string of the molecule is CC(C)[Si](C#Cc1c(F)ccc2cc(O[Si](C(C)C)(C(C)C)C(C)C)cc(-c3ncc4c(N5CCCCC5)nc(OC[C@@]56CCCN5[C@H](COC(=O)N5CCC(CN7CCC(c8ccc9c(c8)n(C)c(=O)n9C8CCC(=O)NC8=O)CC7)CC5)CC6)nc4c3F)c12)(C(C)C)C(C)C. The maximum absolute atomic E-state index is 18.5. The van der Waals surface area contributed by atoms with Crippen molar-refractivity contribution in [3.63, 3.8) is 0 Å². The molecule has 3 amide bonds. The fourth-order valence-corrected chi connectivity index (χ4v) is 29.2. The number of aromatic nitrogens is 5. The lowest BCUT2D eigenvalue weighted by atomic mass is 9.88. The maximum atomic E-state index is 18.5. The highest BCUT2D eigenvalue weighted by molar-refractivity contribution is 6.90. The Bertz CT molecular complexity index is 4020. The molecule has 3 aromatic heterocycles. The second-order valence-electron chi connectivity index (χ2n) is 31.1. The lowest BCUT2D eigenvalue weighted by molar-refractivity contribution is -0.135. The zero-order chi connectivity index (χ0) is 69.0. The minimum Gasteiger partial charge on any atom is -0.543 e. The molecular weight excluding hydrogens is 1260 g/mol. The number of anilines is 1. The Labute approximate surface area is 574 Å². The first-order chi connectivity index (χ1) is 46.3. The Kier molecular flexibility index (Phi) is 20.6. The van der Waals surface area contributed by atoms with Gasteiger partial charge < -0.3 is 28.6 Å². The number of piperidine rings is 4. The number of imide groups is 1. The van der Waals surface area contributed by atoms with Gasteiger partial charge in [-0.3, -0.25) is 33.9 Å². The van der Waals surface area contributed by atoms with Crippen LogP contribution in [0.4, 0.5) is 19.4 Å². The minimum absolute atomic E-state index is 0.0269. The third kappa shape index (κ3) is 13.3. The van der Waals surface area contributed by atoms with Crippen molar-refractivity contribution in [2.45, 2.75) is 223 Å². The number of amides is 3. The molecule has 3 aromatic carbocycles. The number of imidazole rings is 1. The predicted octanol–water partition coefficient (Wildman–Crippen LogP) is 15.0. The van der Waals surface area contributed by atoms with Gasteiger partial charge in [-0.2, -0.15) is 9.97 Å². The van der Waals surface area contributed by atoms with Gasteiger partial charge in [-0.25, -0.2) is 18.4 Å². The molecule has 0 radical (unpaired) electrons. The van der Waals surface area contributed by atoms with E-state index in [1.165, 1.54) is 16.2 Å². The summed E-state index contributed by atoms with van der Waals surface area (Å²) in [5, 5.41) is 4.08. The summed E-state index contributed by atoms with van der Waals surface area (Å²) in [6.45, 7) is 34.1. The van der Waals surface area contributed by atoms with Crippen LogP contribution in [0.5, 0.6) is 11.8 Å². The standard InChI is InChI=1S/C76H104F2N10O7Si2/c1-47(2)96(48(3)4,49(5)6)39-29-59-62(77)20-18-56-40-58(95-97(50(7)8,51(9)10)52(11)12)42-60(67(56)59)69-68(78)70-61(43-79-69)71(85-32-15-14-16-33-85)82-73(81-70)94-46-76-30-17-34-87(76)57(24-31-76)45-93-75(92)86-37-25-53(26-38-86)44-84-35-27-54(28-36-84)55-19-21-63-65(41-55)83(13)74(91)88(63)64-22-23-66(89)80-72(64)90/h18-21,40-43,47-54,57,64H,14-17,22-28,30-38,44-46H2,1-13H3,(H,80,89,90)/t57-,64?,76-/m0/s1. The molecule has 0 bridgehead atoms. The molecule has 0 saturated carbocycles. The first-order valence-corrected chi connectivity index (χ1v) is 40.9. The van der Waals surface area contributed by atoms with Crippen LogP contribution >= 0.6 is 0 Å². The maximum Gasteiger partial charge on any atom is 0.409 e. The lowest BCUT2D eigenvalue weighted by Crippen LogP contribution is -2.50. The van der Waals surface area contributed by atoms with Crippen LogP contribution in [0.15, 0.2) is 53.5 Å². The van der Waals surface area contributed by atoms with Crippen molar-refractivity contribution in [2.75, 3.05) is 70.5 Å². The molecule has 9 heterocycles. The van der Waals surface area contributed by atoms with Crippen LogP contribution in [0.25, 0.3) is 44.0 Å². The third-order valence-corrected chi connectivity index (χ3v) is 36.1. The van der Waals surface area contributed by atoms with Gasteiger partial charge in [0.05, 0.1) is 27.5 Å². The highest BCUT2D eigenvalue weighted by atomic mass is 28.4. The van der Waals surface area contributed by atoms with E-state index in [9.17, 15) is 19.2 Å². The van der Waals surface area contributed by atoms with Crippen LogP contribution in [-0.4, -0.2) is 150 Å². The largest absolute Gasteiger partial charge is 0.543 e. The van der Waals surface area contributed by atoms with Crippen LogP contribution in [-0.2, 0) is 21.4 Å². The number of carbonyl (C=O) groups is 3. The summed E-state index contributed by atoms with van der Waals surface area (Å²) in [4.78, 5) is 76.1. The molecule has 6 fully saturated rings. The van der Waals surface area contributed by atoms with Gasteiger partial charge >= 0.3 is 17.8 Å². The summed E-state index contributed by atoms with van der Waals surface area (Å²) in [5.74, 6) is 3.65. The quantitative estimate of drug-likeness (QED) is 0.0462. The minimum atomic E-state index is -2.55. The molecule has 1 N–H and O–H groups in total. The third-order valence-electron chi connectivity index (χ3n) is 23.9. The number of nitrogens with zero attached hydrogens (tertiary/aromatic N) is 9. The fourth-order valence-electron chi connectivity index (χ4n) is 18.8. The fraction of sp³-hybridized carbons (Fsp3) is 0.618. The van der Waals surface area contributed by atoms with Gasteiger partial charge in [-0.15, -0.1) is 5.54 Å². The summed E-state index contributed by atoms with van der Waals surface area (Å²) in [6, 6.07) is 12.7. The number of halogens is 2. The van der Waals surface area contributed by atoms with E-state index >= 15 is 8.78 Å². The second-order valence-corrected chi connectivity index (χ2v) is 42.1. The molecule has 6 aliphatic rings. The summed E-state index contributed by atoms with van der Waals surface area (Å²) < 4.78 is 58.9. The first-order valence-electron chi connectivity index (χ1n) is 36.5. The average molecular weight is 1360 g/mol. The molecule has 1 unspecified atom stereocenters. The van der Waals surface area contributed by atoms with Gasteiger partial charge in [0.1, 0.15) is 55.9 Å². The molecule has 522 valence electrons. The van der Waals surface area contributed by atoms with Crippen LogP contribution in [0.3, 0.4) is 0 Å². The molecule has 97 heavy (non-hydrogen) atoms. The van der Waals surface area contributed by atoms with Crippen LogP contribution in [0.1, 0.15) is 190 Å². The number of pyridine rings is 1. The molecule has 17 nitrogen and oxygen atoms in total. The number of likely N-dealkylation sites (tertiary alicyclic amines) is 2. The zero-order valence-electron chi connectivity index (χ0n) is 59.8. The summed E-state index contributed by atoms with van der Waals surface area (Å²) in [7, 11) is -3.16. The van der Waals surface area contributed by atoms with E-state index in [-0.39, 0.29) is 75.1 Å². The van der Waals surface area contributed by atoms with Crippen molar-refractivity contribution in [3.8, 4) is 34.5 Å². The number of benzene rings is 3. The van der Waals surface area contributed by atoms with E-state index in [0.717, 1.165) is 115 Å². The number of carbonyl (C=O) groups excluding carboxylic acids is 3. The number of nitrogens with one attached hydrogen (secondary N) is 1. The number of ether oxygens (including phenoxy) is 2. The van der Waals surface area contributed by atoms with Crippen molar-refractivity contribution in [1.82, 2.24) is 44.1 Å². The topological polar surface area (TPSA) is 169 Å². The van der Waals surface area contributed by atoms with Crippen molar-refractivity contribution < 1.29 is 37.1 Å². The lowest BCUT2D eigenvalue weighted by Gasteiger charge is -2.42. The molecule has 6 saturated heterocycles. The van der Waals surface area contributed by atoms with E-state index in [1.54, 1.807) is 23.9 Å². The van der Waals surface area contributed by atoms with Crippen molar-refractivity contribution in [1.29, 1.82) is 0 Å². The Balaban J connectivity index is 0.734. The highest BCUT2D eigenvalue weighted by Gasteiger charge is 2.51. The summed E-state index contributed by atoms with van der Waals surface area (Å²) in [5.41, 5.74) is 8.37. The molecule has 6 aromatic rings. The van der Waals surface area contributed by atoms with E-state index < -0.39 is 40.0 Å². The molecule has 6 aliphatic heterocycles. The Morgan fingerprint density at radius 1 is 0.753 bits per heavy atom. The Hall–Kier alpha value is -6.74. The van der Waals surface area contributed by atoms with E-state index in [4.69, 9.17) is 28.9 Å². The number of rotatable bonds is 19. The van der Waals surface area contributed by atoms with Gasteiger partial charge in [0.2, 0.25) is 11.8 Å². The zero-order valence-corrected chi connectivity index (χ0v) is 61.8. The Morgan fingerprint density at radius 2 is 1.45 bits per heavy atom. The second kappa shape index (κ2) is 28.5. The molecule has 21 heteroatoms. The van der Waals surface area contributed by atoms with E-state index in [1.807, 2.05) is 23.1 Å². The monoisotopic (exact) mass is 1360 g/mol. The van der Waals surface area contributed by atoms with Gasteiger partial charge in [0, 0.05) is 69.4 Å². The van der Waals surface area contributed by atoms with Crippen molar-refractivity contribution in [2.24, 2.45) is 13.0 Å². The van der Waals surface area contributed by atoms with Gasteiger partial charge in [-0.1, -0.05) is 101 Å². The number of aryl methyl sites for hydroxylation is 1. The van der Waals surface area contributed by atoms with Crippen molar-refractivity contribution >= 4 is 72.8 Å². The number of fused-ring (bicyclic) bond motifs is 4. The molecule has 12 rings (SSSR count). The van der Waals surface area contributed by atoms with Gasteiger partial charge in [0.15, 0.2) is 5.82 Å². The smallest absolute Gasteiger partial charge is 0.409 e. The van der Waals surface area contributed by atoms with Gasteiger partial charge in [0.25, 0.3) is 8.32 Å². The average Bonchev–Trinajstić information content (AvgIpc) is 1.51. The van der Waals surface area contributed by atoms with Crippen molar-refractivity contribution in [3.05, 3.63) is 81.9 Å². The number of hydrogen-bond donors (Lipinski definition) is 1. The van der Waals surface area contributed by atoms with E-state index in [0.29, 0.717) is 100.0 Å². The summed E-state index contributed by atoms with van der Waals surface area (Å²) in [6.07, 6.45) is 12.4. The normalized spacial score (nSPS) is 21.4. The number of hydrogen-bond acceptors (Lipinski definition) is 13. The van der Waals surface area contributed by atoms with Gasteiger partial charge in [-0.05, 0) is 183 Å². The highest BCUT2D eigenvalue weighted by Crippen LogP contribution is 2.48. The predicted molar refractivity (Wildman–Crippen MR) is 386 cm³/mol. The Morgan fingerprint density at radius 3 is 2.12 bits per heavy atom. The van der Waals surface area contributed by atoms with Crippen LogP contribution in [0, 0.1) is 29.0 Å². The van der Waals surface area contributed by atoms with Crippen LogP contribution in [0.2, 0.25) is 33.2 Å². The molecule has 0 aliphatic carbocycles. The summed E-state index contributed by atoms with van der Waals surface area (Å²) >= 11 is 0.